The van der Waals surface area contributed by atoms with Gasteiger partial charge in [0.1, 0.15) is 5.82 Å². The highest BCUT2D eigenvalue weighted by molar-refractivity contribution is 7.09. The number of thiazole rings is 1. The van der Waals surface area contributed by atoms with Crippen molar-refractivity contribution < 1.29 is 14.3 Å². The monoisotopic (exact) mass is 266 g/mol. The largest absolute Gasteiger partial charge is 0.465 e. The van der Waals surface area contributed by atoms with E-state index in [-0.39, 0.29) is 5.82 Å². The summed E-state index contributed by atoms with van der Waals surface area (Å²) in [6.45, 7) is 0.305. The molecule has 1 aromatic heterocycles. The summed E-state index contributed by atoms with van der Waals surface area (Å²) in [5, 5.41) is 13.2. The number of carboxylic acid groups (broad SMARTS) is 1. The molecule has 0 aliphatic carbocycles. The summed E-state index contributed by atoms with van der Waals surface area (Å²) in [6, 6.07) is 6.44. The summed E-state index contributed by atoms with van der Waals surface area (Å²) in [5.41, 5.74) is 1.05. The van der Waals surface area contributed by atoms with Crippen molar-refractivity contribution in [3.8, 4) is 11.3 Å². The van der Waals surface area contributed by atoms with Crippen molar-refractivity contribution in [2.45, 2.75) is 6.42 Å². The molecule has 6 heteroatoms. The van der Waals surface area contributed by atoms with Crippen molar-refractivity contribution in [1.29, 1.82) is 0 Å². The zero-order valence-electron chi connectivity index (χ0n) is 9.39. The van der Waals surface area contributed by atoms with Gasteiger partial charge in [-0.25, -0.2) is 14.2 Å². The van der Waals surface area contributed by atoms with Crippen LogP contribution in [0.2, 0.25) is 0 Å². The van der Waals surface area contributed by atoms with Crippen LogP contribution in [0.1, 0.15) is 5.01 Å². The lowest BCUT2D eigenvalue weighted by molar-refractivity contribution is 0.194. The number of carbonyl (C=O) groups is 1. The van der Waals surface area contributed by atoms with Gasteiger partial charge in [0.25, 0.3) is 0 Å². The number of nitrogens with zero attached hydrogens (tertiary/aromatic N) is 1. The van der Waals surface area contributed by atoms with Crippen molar-refractivity contribution in [1.82, 2.24) is 10.3 Å². The normalized spacial score (nSPS) is 10.3. The van der Waals surface area contributed by atoms with Gasteiger partial charge >= 0.3 is 6.09 Å². The first-order chi connectivity index (χ1) is 8.66. The quantitative estimate of drug-likeness (QED) is 0.894. The second-order valence-corrected chi connectivity index (χ2v) is 4.53. The van der Waals surface area contributed by atoms with E-state index in [1.54, 1.807) is 23.6 Å². The predicted octanol–water partition coefficient (Wildman–Crippen LogP) is 2.76. The number of hydrogen-bond acceptors (Lipinski definition) is 3. The number of aromatic nitrogens is 1. The van der Waals surface area contributed by atoms with Gasteiger partial charge in [0.05, 0.1) is 10.7 Å². The van der Waals surface area contributed by atoms with Gasteiger partial charge in [-0.05, 0) is 12.1 Å². The molecule has 0 spiro atoms. The minimum atomic E-state index is -1.05. The molecule has 0 saturated heterocycles. The minimum absolute atomic E-state index is 0.305. The van der Waals surface area contributed by atoms with Gasteiger partial charge in [0, 0.05) is 23.9 Å². The van der Waals surface area contributed by atoms with Crippen LogP contribution in [-0.2, 0) is 6.42 Å². The van der Waals surface area contributed by atoms with Crippen molar-refractivity contribution in [2.24, 2.45) is 0 Å². The third kappa shape index (κ3) is 3.04. The van der Waals surface area contributed by atoms with Crippen LogP contribution in [-0.4, -0.2) is 22.7 Å². The highest BCUT2D eigenvalue weighted by Gasteiger charge is 2.08. The molecule has 4 nitrogen and oxygen atoms in total. The molecule has 0 aliphatic heterocycles. The van der Waals surface area contributed by atoms with E-state index in [1.165, 1.54) is 17.4 Å². The highest BCUT2D eigenvalue weighted by atomic mass is 32.1. The molecule has 1 heterocycles. The van der Waals surface area contributed by atoms with Crippen LogP contribution in [0, 0.1) is 5.82 Å². The van der Waals surface area contributed by atoms with E-state index in [1.807, 2.05) is 0 Å². The summed E-state index contributed by atoms with van der Waals surface area (Å²) in [7, 11) is 0. The number of amides is 1. The van der Waals surface area contributed by atoms with Gasteiger partial charge in [-0.15, -0.1) is 11.3 Å². The lowest BCUT2D eigenvalue weighted by atomic mass is 10.1. The SMILES string of the molecule is O=C(O)NCCc1nc(-c2ccccc2F)cs1. The second kappa shape index (κ2) is 5.59. The first kappa shape index (κ1) is 12.5. The molecule has 0 saturated carbocycles. The Labute approximate surface area is 107 Å². The topological polar surface area (TPSA) is 62.2 Å². The fourth-order valence-corrected chi connectivity index (χ4v) is 2.29. The van der Waals surface area contributed by atoms with Gasteiger partial charge in [-0.3, -0.25) is 0 Å². The molecule has 0 radical (unpaired) electrons. The Morgan fingerprint density at radius 1 is 1.44 bits per heavy atom. The van der Waals surface area contributed by atoms with Crippen LogP contribution in [0.4, 0.5) is 9.18 Å². The van der Waals surface area contributed by atoms with E-state index in [4.69, 9.17) is 5.11 Å². The molecule has 1 amide bonds. The van der Waals surface area contributed by atoms with Crippen LogP contribution >= 0.6 is 11.3 Å². The van der Waals surface area contributed by atoms with Crippen LogP contribution in [0.3, 0.4) is 0 Å². The first-order valence-corrected chi connectivity index (χ1v) is 6.21. The van der Waals surface area contributed by atoms with E-state index < -0.39 is 6.09 Å². The molecule has 18 heavy (non-hydrogen) atoms. The lowest BCUT2D eigenvalue weighted by Gasteiger charge is -1.98. The van der Waals surface area contributed by atoms with E-state index in [2.05, 4.69) is 10.3 Å². The third-order valence-electron chi connectivity index (χ3n) is 2.32. The van der Waals surface area contributed by atoms with E-state index in [0.717, 1.165) is 5.01 Å². The minimum Gasteiger partial charge on any atom is -0.465 e. The Hall–Kier alpha value is -1.95. The summed E-state index contributed by atoms with van der Waals surface area (Å²) < 4.78 is 13.5. The fourth-order valence-electron chi connectivity index (χ4n) is 1.49. The standard InChI is InChI=1S/C12H11FN2O2S/c13-9-4-2-1-3-8(9)10-7-18-11(15-10)5-6-14-12(16)17/h1-4,7,14H,5-6H2,(H,16,17). The second-order valence-electron chi connectivity index (χ2n) is 3.59. The summed E-state index contributed by atoms with van der Waals surface area (Å²) in [4.78, 5) is 14.6. The number of benzene rings is 1. The smallest absolute Gasteiger partial charge is 0.404 e. The van der Waals surface area contributed by atoms with Crippen molar-refractivity contribution in [3.63, 3.8) is 0 Å². The molecule has 2 N–H and O–H groups in total. The Morgan fingerprint density at radius 3 is 2.94 bits per heavy atom. The van der Waals surface area contributed by atoms with Gasteiger partial charge in [0.15, 0.2) is 0 Å². The molecular weight excluding hydrogens is 255 g/mol. The Morgan fingerprint density at radius 2 is 2.22 bits per heavy atom. The number of nitrogens with one attached hydrogen (secondary N) is 1. The van der Waals surface area contributed by atoms with Crippen LogP contribution in [0.15, 0.2) is 29.6 Å². The van der Waals surface area contributed by atoms with E-state index >= 15 is 0 Å². The Balaban J connectivity index is 2.06. The lowest BCUT2D eigenvalue weighted by Crippen LogP contribution is -2.23. The third-order valence-corrected chi connectivity index (χ3v) is 3.23. The predicted molar refractivity (Wildman–Crippen MR) is 67.2 cm³/mol. The molecule has 0 aliphatic rings. The van der Waals surface area contributed by atoms with Crippen LogP contribution in [0.25, 0.3) is 11.3 Å². The number of rotatable bonds is 4. The molecule has 2 aromatic rings. The van der Waals surface area contributed by atoms with E-state index in [0.29, 0.717) is 24.2 Å². The first-order valence-electron chi connectivity index (χ1n) is 5.33. The van der Waals surface area contributed by atoms with Gasteiger partial charge < -0.3 is 10.4 Å². The average molecular weight is 266 g/mol. The maximum atomic E-state index is 13.5. The Kier molecular flexibility index (Phi) is 3.88. The fraction of sp³-hybridized carbons (Fsp3) is 0.167. The molecule has 2 rings (SSSR count). The maximum Gasteiger partial charge on any atom is 0.404 e. The van der Waals surface area contributed by atoms with Gasteiger partial charge in [0.2, 0.25) is 0 Å². The summed E-state index contributed by atoms with van der Waals surface area (Å²) in [6.07, 6.45) is -0.549. The highest BCUT2D eigenvalue weighted by Crippen LogP contribution is 2.24. The zero-order valence-corrected chi connectivity index (χ0v) is 10.2. The van der Waals surface area contributed by atoms with E-state index in [9.17, 15) is 9.18 Å². The summed E-state index contributed by atoms with van der Waals surface area (Å²) >= 11 is 1.39. The van der Waals surface area contributed by atoms with Crippen LogP contribution in [0.5, 0.6) is 0 Å². The van der Waals surface area contributed by atoms with Crippen molar-refractivity contribution in [2.75, 3.05) is 6.54 Å². The zero-order chi connectivity index (χ0) is 13.0. The molecule has 1 aromatic carbocycles. The molecule has 0 unspecified atom stereocenters. The van der Waals surface area contributed by atoms with Gasteiger partial charge in [-0.1, -0.05) is 12.1 Å². The van der Waals surface area contributed by atoms with Crippen molar-refractivity contribution >= 4 is 17.4 Å². The molecule has 0 fully saturated rings. The van der Waals surface area contributed by atoms with Crippen molar-refractivity contribution in [3.05, 3.63) is 40.5 Å². The molecular formula is C12H11FN2O2S. The molecule has 0 bridgehead atoms. The molecule has 94 valence electrons. The number of hydrogen-bond donors (Lipinski definition) is 2. The maximum absolute atomic E-state index is 13.5. The average Bonchev–Trinajstić information content (AvgIpc) is 2.78. The number of halogens is 1. The van der Waals surface area contributed by atoms with Crippen LogP contribution < -0.4 is 5.32 Å². The van der Waals surface area contributed by atoms with Gasteiger partial charge in [-0.2, -0.15) is 0 Å². The molecule has 0 atom stereocenters. The summed E-state index contributed by atoms with van der Waals surface area (Å²) in [5.74, 6) is -0.307. The Bertz CT molecular complexity index is 557.